The molecule has 1 saturated heterocycles. The fourth-order valence-electron chi connectivity index (χ4n) is 2.85. The number of carboxylic acid groups (broad SMARTS) is 1. The van der Waals surface area contributed by atoms with Gasteiger partial charge in [-0.1, -0.05) is 24.2 Å². The Balaban J connectivity index is 1.78. The number of oxime groups is 1. The number of hydrogen-bond acceptors (Lipinski definition) is 9. The number of nitrogens with zero attached hydrogens (tertiary/aromatic N) is 3. The fourth-order valence-corrected chi connectivity index (χ4v) is 4.72. The second kappa shape index (κ2) is 8.02. The number of thioether (sulfide) groups is 1. The van der Waals surface area contributed by atoms with Crippen LogP contribution >= 0.6 is 23.1 Å². The molecule has 0 radical (unpaired) electrons. The highest BCUT2D eigenvalue weighted by molar-refractivity contribution is 8.00. The van der Waals surface area contributed by atoms with E-state index in [-0.39, 0.29) is 22.2 Å². The van der Waals surface area contributed by atoms with E-state index in [1.54, 1.807) is 6.08 Å². The van der Waals surface area contributed by atoms with Crippen molar-refractivity contribution >= 4 is 51.7 Å². The average molecular weight is 423 g/mol. The van der Waals surface area contributed by atoms with Gasteiger partial charge in [-0.25, -0.2) is 9.78 Å². The SMILES string of the molecule is CC/C=C\C1=C(C(=O)O)N2C(=O)[C@@H](NC(=O)/C(=N\O)c3csc(N)n3)[C@H]2SC1. The molecule has 2 atom stereocenters. The summed E-state index contributed by atoms with van der Waals surface area (Å²) in [5.41, 5.74) is 5.70. The molecule has 2 amide bonds. The lowest BCUT2D eigenvalue weighted by molar-refractivity contribution is -0.150. The number of nitrogens with one attached hydrogen (secondary N) is 1. The van der Waals surface area contributed by atoms with E-state index in [1.807, 2.05) is 13.0 Å². The van der Waals surface area contributed by atoms with E-state index >= 15 is 0 Å². The van der Waals surface area contributed by atoms with E-state index in [9.17, 15) is 19.5 Å². The highest BCUT2D eigenvalue weighted by Crippen LogP contribution is 2.40. The Bertz CT molecular complexity index is 922. The number of anilines is 1. The topological polar surface area (TPSA) is 158 Å². The molecule has 28 heavy (non-hydrogen) atoms. The van der Waals surface area contributed by atoms with Crippen LogP contribution in [0.3, 0.4) is 0 Å². The molecule has 0 aliphatic carbocycles. The number of β-lactam (4-membered cyclic amide) rings is 1. The second-order valence-corrected chi connectivity index (χ2v) is 7.86. The Hall–Kier alpha value is -2.86. The summed E-state index contributed by atoms with van der Waals surface area (Å²) in [5, 5.41) is 25.2. The van der Waals surface area contributed by atoms with Crippen molar-refractivity contribution in [1.82, 2.24) is 15.2 Å². The van der Waals surface area contributed by atoms with Crippen molar-refractivity contribution in [3.8, 4) is 0 Å². The van der Waals surface area contributed by atoms with Gasteiger partial charge in [0.15, 0.2) is 10.8 Å². The standard InChI is InChI=1S/C16H17N5O5S2/c1-2-3-4-7-5-27-14-10(13(23)21(14)11(7)15(24)25)19-12(22)9(20-26)8-6-28-16(17)18-8/h3-4,6,10,14,26H,2,5H2,1H3,(H2,17,18)(H,19,22)(H,24,25)/b4-3-,20-9-/t10-,14-/m1/s1. The van der Waals surface area contributed by atoms with E-state index in [0.717, 1.165) is 17.8 Å². The van der Waals surface area contributed by atoms with Gasteiger partial charge in [-0.15, -0.1) is 23.1 Å². The normalized spacial score (nSPS) is 22.2. The van der Waals surface area contributed by atoms with Crippen LogP contribution in [0.2, 0.25) is 0 Å². The summed E-state index contributed by atoms with van der Waals surface area (Å²) in [6, 6.07) is -0.934. The van der Waals surface area contributed by atoms with Gasteiger partial charge >= 0.3 is 5.97 Å². The molecule has 1 aromatic heterocycles. The minimum atomic E-state index is -1.20. The molecule has 0 saturated carbocycles. The predicted octanol–water partition coefficient (Wildman–Crippen LogP) is 0.608. The smallest absolute Gasteiger partial charge is 0.352 e. The molecule has 3 heterocycles. The van der Waals surface area contributed by atoms with E-state index in [0.29, 0.717) is 11.3 Å². The van der Waals surface area contributed by atoms with Gasteiger partial charge in [0.1, 0.15) is 22.8 Å². The molecule has 0 spiro atoms. The zero-order chi connectivity index (χ0) is 20.4. The van der Waals surface area contributed by atoms with Gasteiger partial charge in [0, 0.05) is 11.1 Å². The summed E-state index contributed by atoms with van der Waals surface area (Å²) in [5.74, 6) is -2.15. The van der Waals surface area contributed by atoms with Crippen LogP contribution in [0.15, 0.2) is 34.0 Å². The zero-order valence-corrected chi connectivity index (χ0v) is 16.3. The molecular weight excluding hydrogens is 406 g/mol. The molecule has 1 fully saturated rings. The summed E-state index contributed by atoms with van der Waals surface area (Å²) < 4.78 is 0. The first kappa shape index (κ1) is 19.9. The van der Waals surface area contributed by atoms with Gasteiger partial charge < -0.3 is 21.4 Å². The largest absolute Gasteiger partial charge is 0.477 e. The third-order valence-electron chi connectivity index (χ3n) is 4.12. The molecule has 2 aliphatic heterocycles. The van der Waals surface area contributed by atoms with Crippen molar-refractivity contribution in [2.45, 2.75) is 24.8 Å². The summed E-state index contributed by atoms with van der Waals surface area (Å²) in [6.45, 7) is 1.92. The Morgan fingerprint density at radius 2 is 2.29 bits per heavy atom. The molecule has 10 nitrogen and oxygen atoms in total. The number of nitrogens with two attached hydrogens (primary N) is 1. The number of carboxylic acids is 1. The van der Waals surface area contributed by atoms with Crippen LogP contribution in [0.25, 0.3) is 0 Å². The number of amides is 2. The Kier molecular flexibility index (Phi) is 5.70. The lowest BCUT2D eigenvalue weighted by Crippen LogP contribution is -2.71. The number of fused-ring (bicyclic) bond motifs is 1. The van der Waals surface area contributed by atoms with E-state index in [2.05, 4.69) is 15.5 Å². The predicted molar refractivity (Wildman–Crippen MR) is 104 cm³/mol. The highest BCUT2D eigenvalue weighted by Gasteiger charge is 2.54. The molecule has 1 aromatic rings. The maximum Gasteiger partial charge on any atom is 0.352 e. The maximum atomic E-state index is 12.6. The Morgan fingerprint density at radius 1 is 1.54 bits per heavy atom. The third kappa shape index (κ3) is 3.47. The van der Waals surface area contributed by atoms with Gasteiger partial charge in [-0.2, -0.15) is 0 Å². The third-order valence-corrected chi connectivity index (χ3v) is 6.10. The number of carbonyl (C=O) groups excluding carboxylic acids is 2. The summed E-state index contributed by atoms with van der Waals surface area (Å²) in [7, 11) is 0. The van der Waals surface area contributed by atoms with Gasteiger partial charge in [-0.3, -0.25) is 14.5 Å². The minimum Gasteiger partial charge on any atom is -0.477 e. The minimum absolute atomic E-state index is 0.0766. The Morgan fingerprint density at radius 3 is 2.86 bits per heavy atom. The van der Waals surface area contributed by atoms with Crippen LogP contribution in [0, 0.1) is 0 Å². The number of allylic oxidation sites excluding steroid dienone is 2. The van der Waals surface area contributed by atoms with Crippen LogP contribution in [-0.2, 0) is 14.4 Å². The molecule has 2 aliphatic rings. The van der Waals surface area contributed by atoms with Crippen molar-refractivity contribution in [3.05, 3.63) is 34.5 Å². The summed E-state index contributed by atoms with van der Waals surface area (Å²) >= 11 is 2.42. The first-order chi connectivity index (χ1) is 13.4. The van der Waals surface area contributed by atoms with E-state index in [1.165, 1.54) is 22.0 Å². The molecular formula is C16H17N5O5S2. The second-order valence-electron chi connectivity index (χ2n) is 5.87. The van der Waals surface area contributed by atoms with E-state index in [4.69, 9.17) is 10.9 Å². The lowest BCUT2D eigenvalue weighted by Gasteiger charge is -2.49. The number of aromatic nitrogens is 1. The van der Waals surface area contributed by atoms with Gasteiger partial charge in [-0.05, 0) is 12.0 Å². The van der Waals surface area contributed by atoms with Crippen LogP contribution in [0.1, 0.15) is 19.0 Å². The number of nitrogen functional groups attached to an aromatic ring is 1. The zero-order valence-electron chi connectivity index (χ0n) is 14.7. The number of aliphatic carboxylic acids is 1. The van der Waals surface area contributed by atoms with Gasteiger partial charge in [0.25, 0.3) is 11.8 Å². The molecule has 12 heteroatoms. The molecule has 0 unspecified atom stereocenters. The van der Waals surface area contributed by atoms with Crippen molar-refractivity contribution < 1.29 is 24.7 Å². The van der Waals surface area contributed by atoms with Crippen molar-refractivity contribution in [1.29, 1.82) is 0 Å². The Labute approximate surface area is 167 Å². The number of rotatable bonds is 6. The van der Waals surface area contributed by atoms with Crippen molar-refractivity contribution in [2.75, 3.05) is 11.5 Å². The monoisotopic (exact) mass is 423 g/mol. The molecule has 0 aromatic carbocycles. The average Bonchev–Trinajstić information content (AvgIpc) is 3.09. The number of hydrogen-bond donors (Lipinski definition) is 4. The molecule has 5 N–H and O–H groups in total. The molecule has 148 valence electrons. The maximum absolute atomic E-state index is 12.6. The van der Waals surface area contributed by atoms with Gasteiger partial charge in [0.05, 0.1) is 0 Å². The van der Waals surface area contributed by atoms with Crippen molar-refractivity contribution in [2.24, 2.45) is 5.16 Å². The summed E-state index contributed by atoms with van der Waals surface area (Å²) in [4.78, 5) is 41.7. The van der Waals surface area contributed by atoms with E-state index < -0.39 is 29.2 Å². The van der Waals surface area contributed by atoms with Crippen LogP contribution in [0.5, 0.6) is 0 Å². The lowest BCUT2D eigenvalue weighted by atomic mass is 10.0. The highest BCUT2D eigenvalue weighted by atomic mass is 32.2. The quantitative estimate of drug-likeness (QED) is 0.224. The fraction of sp³-hybridized carbons (Fsp3) is 0.312. The van der Waals surface area contributed by atoms with Crippen LogP contribution in [-0.4, -0.2) is 60.9 Å². The van der Waals surface area contributed by atoms with Crippen LogP contribution < -0.4 is 11.1 Å². The summed E-state index contributed by atoms with van der Waals surface area (Å²) in [6.07, 6.45) is 4.27. The molecule has 0 bridgehead atoms. The first-order valence-electron chi connectivity index (χ1n) is 8.21. The van der Waals surface area contributed by atoms with Crippen molar-refractivity contribution in [3.63, 3.8) is 0 Å². The van der Waals surface area contributed by atoms with Gasteiger partial charge in [0.2, 0.25) is 0 Å². The molecule has 3 rings (SSSR count). The first-order valence-corrected chi connectivity index (χ1v) is 10.1. The van der Waals surface area contributed by atoms with Crippen LogP contribution in [0.4, 0.5) is 5.13 Å². The number of carbonyl (C=O) groups is 3. The number of thiazole rings is 1.